The lowest BCUT2D eigenvalue weighted by Gasteiger charge is -2.48. The third-order valence-corrected chi connectivity index (χ3v) is 12.4. The van der Waals surface area contributed by atoms with Crippen molar-refractivity contribution in [3.63, 3.8) is 0 Å². The quantitative estimate of drug-likeness (QED) is 0.0686. The van der Waals surface area contributed by atoms with E-state index < -0.39 is 61.0 Å². The Labute approximate surface area is 351 Å². The summed E-state index contributed by atoms with van der Waals surface area (Å²) in [5, 5.41) is 52.7. The van der Waals surface area contributed by atoms with Crippen molar-refractivity contribution in [1.82, 2.24) is 4.98 Å². The predicted molar refractivity (Wildman–Crippen MR) is 226 cm³/mol. The number of hydrogen-bond acceptors (Lipinski definition) is 10. The fourth-order valence-electron chi connectivity index (χ4n) is 8.21. The van der Waals surface area contributed by atoms with E-state index in [1.165, 1.54) is 17.0 Å². The number of aryl methyl sites for hydroxylation is 2. The van der Waals surface area contributed by atoms with E-state index in [1.54, 1.807) is 40.5 Å². The Morgan fingerprint density at radius 3 is 2.32 bits per heavy atom. The van der Waals surface area contributed by atoms with Crippen molar-refractivity contribution >= 4 is 22.9 Å². The van der Waals surface area contributed by atoms with E-state index in [0.29, 0.717) is 23.3 Å². The van der Waals surface area contributed by atoms with Crippen molar-refractivity contribution < 1.29 is 44.2 Å². The number of β-lactam (4-membered cyclic amide) rings is 1. The third kappa shape index (κ3) is 8.91. The normalized spacial score (nSPS) is 23.3. The van der Waals surface area contributed by atoms with Crippen LogP contribution in [0.4, 0.5) is 10.1 Å². The maximum absolute atomic E-state index is 14.3. The van der Waals surface area contributed by atoms with E-state index >= 15 is 0 Å². The van der Waals surface area contributed by atoms with Gasteiger partial charge in [0.1, 0.15) is 48.7 Å². The third-order valence-electron chi connectivity index (χ3n) is 11.6. The zero-order valence-electron chi connectivity index (χ0n) is 32.7. The molecule has 0 unspecified atom stereocenters. The van der Waals surface area contributed by atoms with Crippen LogP contribution in [0.25, 0.3) is 11.1 Å². The molecule has 1 aromatic heterocycles. The molecule has 2 fully saturated rings. The Kier molecular flexibility index (Phi) is 12.8. The Morgan fingerprint density at radius 2 is 1.58 bits per heavy atom. The summed E-state index contributed by atoms with van der Waals surface area (Å²) in [5.74, 6) is -0.403. The van der Waals surface area contributed by atoms with Crippen molar-refractivity contribution in [2.45, 2.75) is 75.0 Å². The number of carbonyl (C=O) groups excluding carboxylic acids is 1. The summed E-state index contributed by atoms with van der Waals surface area (Å²) in [6, 6.07) is 36.2. The lowest BCUT2D eigenvalue weighted by Crippen LogP contribution is -2.55. The molecule has 1 amide bonds. The van der Waals surface area contributed by atoms with Crippen molar-refractivity contribution in [2.24, 2.45) is 5.92 Å². The first-order chi connectivity index (χ1) is 29.2. The topological polar surface area (TPSA) is 153 Å². The van der Waals surface area contributed by atoms with Gasteiger partial charge < -0.3 is 39.9 Å². The van der Waals surface area contributed by atoms with Gasteiger partial charge in [0.15, 0.2) is 0 Å². The average molecular weight is 831 g/mol. The fraction of sp³-hybridized carbons (Fsp3) is 0.292. The van der Waals surface area contributed by atoms with Gasteiger partial charge in [-0.3, -0.25) is 9.78 Å². The van der Waals surface area contributed by atoms with Crippen LogP contribution in [0.2, 0.25) is 0 Å². The highest BCUT2D eigenvalue weighted by atomic mass is 32.1. The van der Waals surface area contributed by atoms with Crippen LogP contribution in [-0.2, 0) is 29.0 Å². The van der Waals surface area contributed by atoms with E-state index in [0.717, 1.165) is 46.3 Å². The molecule has 2 saturated heterocycles. The second-order valence-electron chi connectivity index (χ2n) is 15.4. The molecule has 0 bridgehead atoms. The molecule has 10 nitrogen and oxygen atoms in total. The number of ether oxygens (including phenoxy) is 2. The van der Waals surface area contributed by atoms with Crippen molar-refractivity contribution in [1.29, 1.82) is 0 Å². The molecular weight excluding hydrogens is 784 g/mol. The highest BCUT2D eigenvalue weighted by Gasteiger charge is 2.50. The average Bonchev–Trinajstić information content (AvgIpc) is 3.81. The van der Waals surface area contributed by atoms with Gasteiger partial charge in [-0.15, -0.1) is 11.3 Å². The second-order valence-corrected chi connectivity index (χ2v) is 16.4. The molecule has 8 rings (SSSR count). The van der Waals surface area contributed by atoms with Crippen LogP contribution >= 0.6 is 11.3 Å². The summed E-state index contributed by atoms with van der Waals surface area (Å²) in [5.41, 5.74) is 8.11. The number of thiazole rings is 1. The van der Waals surface area contributed by atoms with E-state index in [9.17, 15) is 34.7 Å². The number of amides is 1. The van der Waals surface area contributed by atoms with Gasteiger partial charge in [0.2, 0.25) is 5.91 Å². The van der Waals surface area contributed by atoms with E-state index in [-0.39, 0.29) is 18.9 Å². The molecule has 310 valence electrons. The van der Waals surface area contributed by atoms with Gasteiger partial charge in [-0.1, -0.05) is 84.9 Å². The van der Waals surface area contributed by atoms with Crippen LogP contribution < -0.4 is 9.64 Å². The standard InChI is InChI=1S/C48H47FN2O8S/c49-35-15-12-31(13-16-35)40(53)22-21-39-43(51(48(39)57)36-17-9-29(10-18-36)11-19-37-25-50-28-60-37)38-20-14-33(24-41(38)58-27-30-5-2-1-3-6-30)32-7-4-8-34(23-32)47-46(56)45(55)44(54)42(26-52)59-47/h1-10,12-18,20,23-25,28,39-40,42-47,52-56H,11,19,21-22,26-27H2/t39-,40+,42-,43-,44-,45+,46-,47+/m1/s1. The van der Waals surface area contributed by atoms with Crippen molar-refractivity contribution in [3.8, 4) is 16.9 Å². The van der Waals surface area contributed by atoms with E-state index in [1.807, 2.05) is 96.6 Å². The molecule has 0 spiro atoms. The van der Waals surface area contributed by atoms with Crippen LogP contribution in [-0.4, -0.2) is 67.4 Å². The van der Waals surface area contributed by atoms with Gasteiger partial charge in [-0.05, 0) is 95.5 Å². The molecular formula is C48H47FN2O8S. The zero-order valence-corrected chi connectivity index (χ0v) is 33.5. The van der Waals surface area contributed by atoms with Gasteiger partial charge in [0.05, 0.1) is 30.2 Å². The number of benzene rings is 5. The second kappa shape index (κ2) is 18.5. The number of halogens is 1. The summed E-state index contributed by atoms with van der Waals surface area (Å²) in [7, 11) is 0. The summed E-state index contributed by atoms with van der Waals surface area (Å²) >= 11 is 1.63. The molecule has 0 saturated carbocycles. The Bertz CT molecular complexity index is 2350. The highest BCUT2D eigenvalue weighted by molar-refractivity contribution is 7.09. The number of carbonyl (C=O) groups is 1. The van der Waals surface area contributed by atoms with Crippen molar-refractivity contribution in [3.05, 3.63) is 172 Å². The van der Waals surface area contributed by atoms with Gasteiger partial charge in [-0.25, -0.2) is 4.39 Å². The number of nitrogens with zero attached hydrogens (tertiary/aromatic N) is 2. The van der Waals surface area contributed by atoms with Gasteiger partial charge in [0.25, 0.3) is 0 Å². The number of rotatable bonds is 15. The van der Waals surface area contributed by atoms with Crippen LogP contribution in [0.1, 0.15) is 63.8 Å². The van der Waals surface area contributed by atoms with Crippen LogP contribution in [0.15, 0.2) is 133 Å². The van der Waals surface area contributed by atoms with Gasteiger partial charge in [-0.2, -0.15) is 0 Å². The Morgan fingerprint density at radius 1 is 0.817 bits per heavy atom. The molecule has 3 heterocycles. The monoisotopic (exact) mass is 830 g/mol. The summed E-state index contributed by atoms with van der Waals surface area (Å²) < 4.78 is 26.2. The lowest BCUT2D eigenvalue weighted by atomic mass is 9.77. The Hall–Kier alpha value is -5.31. The van der Waals surface area contributed by atoms with Crippen LogP contribution in [0, 0.1) is 11.7 Å². The first-order valence-corrected chi connectivity index (χ1v) is 21.0. The smallest absolute Gasteiger partial charge is 0.233 e. The van der Waals surface area contributed by atoms with E-state index in [4.69, 9.17) is 9.47 Å². The Balaban J connectivity index is 1.13. The fourth-order valence-corrected chi connectivity index (χ4v) is 8.81. The molecule has 0 radical (unpaired) electrons. The minimum atomic E-state index is -1.51. The van der Waals surface area contributed by atoms with Crippen LogP contribution in [0.5, 0.6) is 5.75 Å². The molecule has 2 aliphatic heterocycles. The number of aromatic nitrogens is 1. The minimum absolute atomic E-state index is 0.0750. The first-order valence-electron chi connectivity index (χ1n) is 20.1. The summed E-state index contributed by atoms with van der Waals surface area (Å²) in [6.45, 7) is -0.277. The maximum atomic E-state index is 14.3. The molecule has 8 atom stereocenters. The highest BCUT2D eigenvalue weighted by Crippen LogP contribution is 2.50. The molecule has 0 aliphatic carbocycles. The van der Waals surface area contributed by atoms with Crippen molar-refractivity contribution in [2.75, 3.05) is 11.5 Å². The number of aliphatic hydroxyl groups excluding tert-OH is 5. The minimum Gasteiger partial charge on any atom is -0.489 e. The largest absolute Gasteiger partial charge is 0.489 e. The predicted octanol–water partition coefficient (Wildman–Crippen LogP) is 7.05. The van der Waals surface area contributed by atoms with E-state index in [2.05, 4.69) is 4.98 Å². The van der Waals surface area contributed by atoms with Gasteiger partial charge in [0, 0.05) is 22.3 Å². The molecule has 6 aromatic rings. The molecule has 5 N–H and O–H groups in total. The van der Waals surface area contributed by atoms with Gasteiger partial charge >= 0.3 is 0 Å². The lowest BCUT2D eigenvalue weighted by molar-refractivity contribution is -0.231. The number of hydrogen-bond donors (Lipinski definition) is 5. The summed E-state index contributed by atoms with van der Waals surface area (Å²) in [4.78, 5) is 21.4. The number of anilines is 1. The molecule has 2 aliphatic rings. The molecule has 5 aromatic carbocycles. The number of aliphatic hydroxyl groups is 5. The SMILES string of the molecule is O=C1[C@H](CC[C@H](O)c2ccc(F)cc2)[C@@H](c2ccc(-c3cccc([C@@H]4O[C@H](CO)[C@@H](O)[C@H](O)[C@H]4O)c3)cc2OCc2ccccc2)N1c1ccc(CCc2cncs2)cc1. The molecule has 60 heavy (non-hydrogen) atoms. The maximum Gasteiger partial charge on any atom is 0.233 e. The van der Waals surface area contributed by atoms with Crippen LogP contribution in [0.3, 0.4) is 0 Å². The molecule has 12 heteroatoms. The zero-order chi connectivity index (χ0) is 41.8. The summed E-state index contributed by atoms with van der Waals surface area (Å²) in [6.07, 6.45) is -3.13. The first kappa shape index (κ1) is 41.4.